The third-order valence-electron chi connectivity index (χ3n) is 1.05. The van der Waals surface area contributed by atoms with Gasteiger partial charge in [0.25, 0.3) is 6.43 Å². The Morgan fingerprint density at radius 2 is 2.09 bits per heavy atom. The fraction of sp³-hybridized carbons (Fsp3) is 0.167. The quantitative estimate of drug-likeness (QED) is 0.649. The van der Waals surface area contributed by atoms with E-state index < -0.39 is 17.9 Å². The van der Waals surface area contributed by atoms with Gasteiger partial charge in [0.15, 0.2) is 0 Å². The number of alkyl halides is 2. The maximum atomic E-state index is 12.4. The van der Waals surface area contributed by atoms with Gasteiger partial charge in [-0.15, -0.1) is 0 Å². The predicted octanol–water partition coefficient (Wildman–Crippen LogP) is 2.81. The van der Waals surface area contributed by atoms with E-state index in [2.05, 4.69) is 4.98 Å². The zero-order chi connectivity index (χ0) is 8.43. The van der Waals surface area contributed by atoms with Crippen molar-refractivity contribution in [1.82, 2.24) is 4.98 Å². The average Bonchev–Trinajstić information content (AvgIpc) is 1.94. The Bertz CT molecular complexity index is 264. The number of hydrogen-bond donors (Lipinski definition) is 0. The molecule has 0 saturated carbocycles. The van der Waals surface area contributed by atoms with Gasteiger partial charge in [0.2, 0.25) is 0 Å². The molecule has 1 rings (SSSR count). The Morgan fingerprint density at radius 1 is 1.45 bits per heavy atom. The molecule has 0 spiro atoms. The first-order valence-corrected chi connectivity index (χ1v) is 3.08. The molecule has 5 heteroatoms. The van der Waals surface area contributed by atoms with E-state index in [1.165, 1.54) is 0 Å². The molecule has 0 bridgehead atoms. The van der Waals surface area contributed by atoms with Gasteiger partial charge in [0, 0.05) is 12.3 Å². The summed E-state index contributed by atoms with van der Waals surface area (Å²) in [7, 11) is 0. The van der Waals surface area contributed by atoms with Crippen molar-refractivity contribution >= 4 is 11.6 Å². The topological polar surface area (TPSA) is 12.9 Å². The molecule has 0 aliphatic rings. The minimum absolute atomic E-state index is 0.255. The van der Waals surface area contributed by atoms with Crippen LogP contribution in [0.1, 0.15) is 12.1 Å². The van der Waals surface area contributed by atoms with Crippen molar-refractivity contribution in [2.45, 2.75) is 6.43 Å². The predicted molar refractivity (Wildman–Crippen MR) is 34.2 cm³/mol. The van der Waals surface area contributed by atoms with Gasteiger partial charge in [-0.3, -0.25) is 4.98 Å². The highest BCUT2D eigenvalue weighted by atomic mass is 35.5. The van der Waals surface area contributed by atoms with Gasteiger partial charge in [-0.25, -0.2) is 13.2 Å². The van der Waals surface area contributed by atoms with Crippen LogP contribution in [0.4, 0.5) is 13.2 Å². The first kappa shape index (κ1) is 8.33. The summed E-state index contributed by atoms with van der Waals surface area (Å²) < 4.78 is 36.0. The van der Waals surface area contributed by atoms with Crippen molar-refractivity contribution in [2.75, 3.05) is 0 Å². The van der Waals surface area contributed by atoms with Gasteiger partial charge in [0.1, 0.15) is 11.5 Å². The summed E-state index contributed by atoms with van der Waals surface area (Å²) in [5, 5.41) is -0.255. The monoisotopic (exact) mass is 181 g/mol. The number of halogens is 4. The fourth-order valence-corrected chi connectivity index (χ4v) is 0.652. The van der Waals surface area contributed by atoms with Crippen LogP contribution in [0.25, 0.3) is 0 Å². The Kier molecular flexibility index (Phi) is 2.34. The van der Waals surface area contributed by atoms with Gasteiger partial charge in [0.05, 0.1) is 5.02 Å². The lowest BCUT2D eigenvalue weighted by molar-refractivity contribution is 0.145. The Hall–Kier alpha value is -0.770. The summed E-state index contributed by atoms with van der Waals surface area (Å²) in [6.45, 7) is 0. The molecule has 0 aliphatic carbocycles. The molecule has 1 heterocycles. The second-order valence-electron chi connectivity index (χ2n) is 1.82. The van der Waals surface area contributed by atoms with Crippen molar-refractivity contribution in [3.05, 3.63) is 28.8 Å². The zero-order valence-electron chi connectivity index (χ0n) is 5.19. The lowest BCUT2D eigenvalue weighted by atomic mass is 10.3. The van der Waals surface area contributed by atoms with Crippen LogP contribution in [-0.4, -0.2) is 4.98 Å². The number of aromatic nitrogens is 1. The molecule has 0 atom stereocenters. The van der Waals surface area contributed by atoms with E-state index in [-0.39, 0.29) is 5.02 Å². The lowest BCUT2D eigenvalue weighted by Crippen LogP contribution is -1.91. The third-order valence-corrected chi connectivity index (χ3v) is 1.33. The highest BCUT2D eigenvalue weighted by Crippen LogP contribution is 2.20. The molecule has 1 aromatic rings. The highest BCUT2D eigenvalue weighted by Gasteiger charge is 2.10. The number of hydrogen-bond acceptors (Lipinski definition) is 1. The van der Waals surface area contributed by atoms with Crippen LogP contribution in [-0.2, 0) is 0 Å². The summed E-state index contributed by atoms with van der Waals surface area (Å²) in [5.41, 5.74) is -0.605. The smallest absolute Gasteiger partial charge is 0.254 e. The zero-order valence-corrected chi connectivity index (χ0v) is 5.95. The molecule has 0 N–H and O–H groups in total. The summed E-state index contributed by atoms with van der Waals surface area (Å²) in [5.74, 6) is -0.878. The van der Waals surface area contributed by atoms with E-state index in [9.17, 15) is 13.2 Å². The first-order valence-electron chi connectivity index (χ1n) is 2.70. The van der Waals surface area contributed by atoms with E-state index in [4.69, 9.17) is 11.6 Å². The second kappa shape index (κ2) is 3.09. The molecule has 0 amide bonds. The molecular formula is C6H3ClF3N. The maximum absolute atomic E-state index is 12.4. The molecule has 60 valence electrons. The molecule has 11 heavy (non-hydrogen) atoms. The minimum atomic E-state index is -2.76. The van der Waals surface area contributed by atoms with E-state index >= 15 is 0 Å². The molecule has 1 nitrogen and oxygen atoms in total. The summed E-state index contributed by atoms with van der Waals surface area (Å²) in [6.07, 6.45) is -1.90. The van der Waals surface area contributed by atoms with E-state index in [1.807, 2.05) is 0 Å². The third kappa shape index (κ3) is 1.83. The molecule has 0 aliphatic heterocycles. The van der Waals surface area contributed by atoms with Crippen LogP contribution in [0.2, 0.25) is 5.02 Å². The number of rotatable bonds is 1. The SMILES string of the molecule is Fc1cc(C(F)F)ncc1Cl. The largest absolute Gasteiger partial charge is 0.280 e. The lowest BCUT2D eigenvalue weighted by Gasteiger charge is -1.98. The molecule has 0 unspecified atom stereocenters. The van der Waals surface area contributed by atoms with Crippen LogP contribution in [0.15, 0.2) is 12.3 Å². The van der Waals surface area contributed by atoms with Crippen molar-refractivity contribution in [3.63, 3.8) is 0 Å². The molecule has 0 radical (unpaired) electrons. The highest BCUT2D eigenvalue weighted by molar-refractivity contribution is 6.30. The number of pyridine rings is 1. The second-order valence-corrected chi connectivity index (χ2v) is 2.23. The Balaban J connectivity index is 3.05. The Morgan fingerprint density at radius 3 is 2.55 bits per heavy atom. The van der Waals surface area contributed by atoms with Crippen LogP contribution >= 0.6 is 11.6 Å². The van der Waals surface area contributed by atoms with Crippen molar-refractivity contribution in [1.29, 1.82) is 0 Å². The maximum Gasteiger partial charge on any atom is 0.280 e. The van der Waals surface area contributed by atoms with Gasteiger partial charge in [-0.2, -0.15) is 0 Å². The fourth-order valence-electron chi connectivity index (χ4n) is 0.548. The number of nitrogens with zero attached hydrogens (tertiary/aromatic N) is 1. The van der Waals surface area contributed by atoms with Gasteiger partial charge >= 0.3 is 0 Å². The van der Waals surface area contributed by atoms with E-state index in [1.54, 1.807) is 0 Å². The summed E-state index contributed by atoms with van der Waals surface area (Å²) in [6, 6.07) is 0.618. The minimum Gasteiger partial charge on any atom is -0.254 e. The summed E-state index contributed by atoms with van der Waals surface area (Å²) >= 11 is 5.20. The molecule has 0 fully saturated rings. The van der Waals surface area contributed by atoms with Crippen molar-refractivity contribution < 1.29 is 13.2 Å². The average molecular weight is 182 g/mol. The van der Waals surface area contributed by atoms with Crippen LogP contribution in [0.5, 0.6) is 0 Å². The van der Waals surface area contributed by atoms with Gasteiger partial charge in [-0.05, 0) is 0 Å². The van der Waals surface area contributed by atoms with Gasteiger partial charge in [-0.1, -0.05) is 11.6 Å². The Labute approximate surface area is 65.8 Å². The first-order chi connectivity index (χ1) is 5.11. The van der Waals surface area contributed by atoms with Gasteiger partial charge < -0.3 is 0 Å². The summed E-state index contributed by atoms with van der Waals surface area (Å²) in [4.78, 5) is 3.22. The molecule has 0 saturated heterocycles. The molecular weight excluding hydrogens is 179 g/mol. The molecule has 0 aromatic carbocycles. The van der Waals surface area contributed by atoms with Crippen molar-refractivity contribution in [3.8, 4) is 0 Å². The van der Waals surface area contributed by atoms with E-state index in [0.717, 1.165) is 6.20 Å². The van der Waals surface area contributed by atoms with Crippen LogP contribution in [0, 0.1) is 5.82 Å². The van der Waals surface area contributed by atoms with Crippen LogP contribution in [0.3, 0.4) is 0 Å². The standard InChI is InChI=1S/C6H3ClF3N/c7-3-2-11-5(6(9)10)1-4(3)8/h1-2,6H. The molecule has 1 aromatic heterocycles. The van der Waals surface area contributed by atoms with E-state index in [0.29, 0.717) is 6.07 Å². The normalized spacial score (nSPS) is 10.6. The van der Waals surface area contributed by atoms with Crippen LogP contribution < -0.4 is 0 Å². The van der Waals surface area contributed by atoms with Crippen molar-refractivity contribution in [2.24, 2.45) is 0 Å².